The molecule has 2 aromatic rings. The molecule has 0 bridgehead atoms. The number of alkyl halides is 1. The second kappa shape index (κ2) is 4.46. The lowest BCUT2D eigenvalue weighted by atomic mass is 10.2. The summed E-state index contributed by atoms with van der Waals surface area (Å²) in [6.07, 6.45) is 1.41. The van der Waals surface area contributed by atoms with Crippen LogP contribution in [0.2, 0.25) is 0 Å². The summed E-state index contributed by atoms with van der Waals surface area (Å²) in [5.41, 5.74) is 0.199. The maximum absolute atomic E-state index is 13.5. The highest BCUT2D eigenvalue weighted by Crippen LogP contribution is 2.19. The number of rotatable bonds is 3. The molecule has 1 heterocycles. The van der Waals surface area contributed by atoms with Crippen molar-refractivity contribution in [3.8, 4) is 5.69 Å². The van der Waals surface area contributed by atoms with E-state index in [2.05, 4.69) is 10.3 Å². The molecule has 0 N–H and O–H groups in total. The van der Waals surface area contributed by atoms with E-state index in [1.807, 2.05) is 0 Å². The van der Waals surface area contributed by atoms with Crippen molar-refractivity contribution in [1.29, 1.82) is 0 Å². The van der Waals surface area contributed by atoms with Gasteiger partial charge in [-0.25, -0.2) is 9.07 Å². The Hall–Kier alpha value is -2.02. The van der Waals surface area contributed by atoms with Gasteiger partial charge < -0.3 is 0 Å². The first-order chi connectivity index (χ1) is 8.11. The number of nitrogens with zero attached hydrogens (tertiary/aromatic N) is 4. The average Bonchev–Trinajstić information content (AvgIpc) is 2.77. The van der Waals surface area contributed by atoms with Crippen molar-refractivity contribution in [3.63, 3.8) is 0 Å². The maximum atomic E-state index is 13.5. The fourth-order valence-corrected chi connectivity index (χ4v) is 1.39. The monoisotopic (exact) mass is 256 g/mol. The van der Waals surface area contributed by atoms with Gasteiger partial charge in [0.15, 0.2) is 0 Å². The first kappa shape index (κ1) is 11.5. The van der Waals surface area contributed by atoms with Crippen LogP contribution in [0, 0.1) is 15.9 Å². The minimum Gasteiger partial charge on any atom is -0.258 e. The molecule has 0 saturated carbocycles. The summed E-state index contributed by atoms with van der Waals surface area (Å²) in [4.78, 5) is 9.97. The van der Waals surface area contributed by atoms with Crippen molar-refractivity contribution in [2.24, 2.45) is 0 Å². The summed E-state index contributed by atoms with van der Waals surface area (Å²) in [7, 11) is 0. The number of non-ortho nitro benzene ring substituents is 1. The minimum absolute atomic E-state index is 0.0388. The highest BCUT2D eigenvalue weighted by molar-refractivity contribution is 6.16. The Kier molecular flexibility index (Phi) is 3.01. The van der Waals surface area contributed by atoms with Crippen molar-refractivity contribution < 1.29 is 9.31 Å². The molecular weight excluding hydrogens is 251 g/mol. The Morgan fingerprint density at radius 3 is 2.88 bits per heavy atom. The lowest BCUT2D eigenvalue weighted by Gasteiger charge is -2.01. The number of aromatic nitrogens is 3. The summed E-state index contributed by atoms with van der Waals surface area (Å²) in [6, 6.07) is 3.18. The van der Waals surface area contributed by atoms with E-state index in [-0.39, 0.29) is 17.3 Å². The van der Waals surface area contributed by atoms with Crippen LogP contribution in [0.25, 0.3) is 5.69 Å². The van der Waals surface area contributed by atoms with Crippen LogP contribution in [-0.2, 0) is 5.88 Å². The first-order valence-electron chi connectivity index (χ1n) is 4.53. The number of benzene rings is 1. The molecule has 0 unspecified atom stereocenters. The largest absolute Gasteiger partial charge is 0.271 e. The summed E-state index contributed by atoms with van der Waals surface area (Å²) >= 11 is 5.53. The van der Waals surface area contributed by atoms with Crippen molar-refractivity contribution in [3.05, 3.63) is 46.0 Å². The fourth-order valence-electron chi connectivity index (χ4n) is 1.27. The van der Waals surface area contributed by atoms with Gasteiger partial charge in [0, 0.05) is 12.1 Å². The van der Waals surface area contributed by atoms with Gasteiger partial charge in [0.1, 0.15) is 11.5 Å². The summed E-state index contributed by atoms with van der Waals surface area (Å²) in [5, 5.41) is 17.9. The van der Waals surface area contributed by atoms with Crippen LogP contribution in [0.5, 0.6) is 0 Å². The maximum Gasteiger partial charge on any atom is 0.271 e. The third kappa shape index (κ3) is 2.23. The number of hydrogen-bond acceptors (Lipinski definition) is 4. The van der Waals surface area contributed by atoms with Gasteiger partial charge in [-0.05, 0) is 6.07 Å². The molecular formula is C9H6ClFN4O2. The van der Waals surface area contributed by atoms with Crippen LogP contribution in [0.3, 0.4) is 0 Å². The number of nitro groups is 1. The lowest BCUT2D eigenvalue weighted by Crippen LogP contribution is -2.00. The summed E-state index contributed by atoms with van der Waals surface area (Å²) in [5.74, 6) is -0.488. The molecule has 0 amide bonds. The predicted molar refractivity (Wildman–Crippen MR) is 57.5 cm³/mol. The lowest BCUT2D eigenvalue weighted by molar-refractivity contribution is -0.384. The van der Waals surface area contributed by atoms with Gasteiger partial charge >= 0.3 is 0 Å². The smallest absolute Gasteiger partial charge is 0.258 e. The molecule has 0 radical (unpaired) electrons. The van der Waals surface area contributed by atoms with Gasteiger partial charge in [-0.2, -0.15) is 0 Å². The zero-order valence-corrected chi connectivity index (χ0v) is 9.13. The van der Waals surface area contributed by atoms with Gasteiger partial charge in [-0.15, -0.1) is 16.7 Å². The van der Waals surface area contributed by atoms with Crippen LogP contribution < -0.4 is 0 Å². The molecule has 0 atom stereocenters. The second-order valence-electron chi connectivity index (χ2n) is 3.18. The SMILES string of the molecule is O=[N+]([O-])c1ccc(F)c(-n2cc(CCl)nn2)c1. The van der Waals surface area contributed by atoms with Crippen LogP contribution in [0.15, 0.2) is 24.4 Å². The molecule has 2 rings (SSSR count). The molecule has 0 aliphatic heterocycles. The Bertz CT molecular complexity index is 572. The highest BCUT2D eigenvalue weighted by Gasteiger charge is 2.13. The topological polar surface area (TPSA) is 73.8 Å². The molecule has 0 saturated heterocycles. The minimum atomic E-state index is -0.623. The molecule has 0 aliphatic carbocycles. The third-order valence-corrected chi connectivity index (χ3v) is 2.34. The van der Waals surface area contributed by atoms with Crippen molar-refractivity contribution in [1.82, 2.24) is 15.0 Å². The number of nitro benzene ring substituents is 1. The van der Waals surface area contributed by atoms with E-state index in [4.69, 9.17) is 11.6 Å². The van der Waals surface area contributed by atoms with Crippen LogP contribution in [-0.4, -0.2) is 19.9 Å². The number of halogens is 2. The van der Waals surface area contributed by atoms with Crippen molar-refractivity contribution in [2.75, 3.05) is 0 Å². The van der Waals surface area contributed by atoms with E-state index in [1.54, 1.807) is 0 Å². The van der Waals surface area contributed by atoms with Gasteiger partial charge in [0.25, 0.3) is 5.69 Å². The van der Waals surface area contributed by atoms with Gasteiger partial charge in [0.05, 0.1) is 22.7 Å². The highest BCUT2D eigenvalue weighted by atomic mass is 35.5. The van der Waals surface area contributed by atoms with Crippen LogP contribution >= 0.6 is 11.6 Å². The second-order valence-corrected chi connectivity index (χ2v) is 3.45. The van der Waals surface area contributed by atoms with Gasteiger partial charge in [0.2, 0.25) is 0 Å². The quantitative estimate of drug-likeness (QED) is 0.479. The Balaban J connectivity index is 2.49. The van der Waals surface area contributed by atoms with Crippen molar-refractivity contribution in [2.45, 2.75) is 5.88 Å². The molecule has 88 valence electrons. The average molecular weight is 257 g/mol. The molecule has 1 aromatic heterocycles. The summed E-state index contributed by atoms with van der Waals surface area (Å²) < 4.78 is 14.6. The van der Waals surface area contributed by atoms with E-state index < -0.39 is 10.7 Å². The number of hydrogen-bond donors (Lipinski definition) is 0. The van der Waals surface area contributed by atoms with E-state index in [0.717, 1.165) is 22.9 Å². The standard InChI is InChI=1S/C9H6ClFN4O2/c10-4-6-5-14(13-12-6)9-3-7(15(16)17)1-2-8(9)11/h1-3,5H,4H2. The van der Waals surface area contributed by atoms with Gasteiger partial charge in [-0.3, -0.25) is 10.1 Å². The Morgan fingerprint density at radius 2 is 2.29 bits per heavy atom. The predicted octanol–water partition coefficient (Wildman–Crippen LogP) is 2.05. The molecule has 6 nitrogen and oxygen atoms in total. The first-order valence-corrected chi connectivity index (χ1v) is 5.07. The Labute approximate surface area is 99.8 Å². The fraction of sp³-hybridized carbons (Fsp3) is 0.111. The zero-order chi connectivity index (χ0) is 12.4. The van der Waals surface area contributed by atoms with E-state index in [1.165, 1.54) is 6.20 Å². The van der Waals surface area contributed by atoms with Crippen molar-refractivity contribution >= 4 is 17.3 Å². The van der Waals surface area contributed by atoms with Gasteiger partial charge in [-0.1, -0.05) is 5.21 Å². The molecule has 0 fully saturated rings. The Morgan fingerprint density at radius 1 is 1.53 bits per heavy atom. The molecule has 0 aliphatic rings. The van der Waals surface area contributed by atoms with E-state index in [9.17, 15) is 14.5 Å². The third-order valence-electron chi connectivity index (χ3n) is 2.07. The molecule has 0 spiro atoms. The van der Waals surface area contributed by atoms with E-state index >= 15 is 0 Å². The van der Waals surface area contributed by atoms with Crippen LogP contribution in [0.1, 0.15) is 5.69 Å². The molecule has 8 heteroatoms. The van der Waals surface area contributed by atoms with Crippen LogP contribution in [0.4, 0.5) is 10.1 Å². The normalized spacial score (nSPS) is 10.5. The van der Waals surface area contributed by atoms with E-state index in [0.29, 0.717) is 5.69 Å². The zero-order valence-electron chi connectivity index (χ0n) is 8.38. The molecule has 1 aromatic carbocycles. The summed E-state index contributed by atoms with van der Waals surface area (Å²) in [6.45, 7) is 0. The molecule has 17 heavy (non-hydrogen) atoms.